The molecule has 94 valence electrons. The molecule has 1 rings (SSSR count). The van der Waals surface area contributed by atoms with Crippen molar-refractivity contribution in [1.29, 1.82) is 0 Å². The van der Waals surface area contributed by atoms with Crippen LogP contribution in [0.4, 0.5) is 10.1 Å². The summed E-state index contributed by atoms with van der Waals surface area (Å²) in [6, 6.07) is 3.15. The van der Waals surface area contributed by atoms with Crippen molar-refractivity contribution in [1.82, 2.24) is 0 Å². The monoisotopic (exact) mass is 241 g/mol. The van der Waals surface area contributed by atoms with Crippen LogP contribution in [-0.2, 0) is 4.79 Å². The molecule has 0 fully saturated rings. The second-order valence-electron chi connectivity index (χ2n) is 4.05. The van der Waals surface area contributed by atoms with Gasteiger partial charge in [-0.15, -0.1) is 0 Å². The van der Waals surface area contributed by atoms with Crippen LogP contribution in [0.1, 0.15) is 13.8 Å². The maximum absolute atomic E-state index is 13.1. The number of rotatable bonds is 5. The first-order chi connectivity index (χ1) is 7.95. The third-order valence-electron chi connectivity index (χ3n) is 2.41. The highest BCUT2D eigenvalue weighted by molar-refractivity contribution is 5.78. The number of carbonyl (C=O) groups is 1. The number of ether oxygens (including phenoxy) is 1. The summed E-state index contributed by atoms with van der Waals surface area (Å²) in [6.45, 7) is 3.55. The lowest BCUT2D eigenvalue weighted by Gasteiger charge is -2.20. The number of anilines is 1. The minimum atomic E-state index is -0.980. The average Bonchev–Trinajstić information content (AvgIpc) is 2.25. The summed E-state index contributed by atoms with van der Waals surface area (Å²) in [5.74, 6) is -1.13. The molecule has 0 aliphatic rings. The van der Waals surface area contributed by atoms with Gasteiger partial charge in [-0.25, -0.2) is 9.18 Å². The van der Waals surface area contributed by atoms with Gasteiger partial charge in [-0.3, -0.25) is 0 Å². The molecule has 0 aliphatic heterocycles. The topological polar surface area (TPSA) is 58.6 Å². The van der Waals surface area contributed by atoms with E-state index in [9.17, 15) is 9.18 Å². The van der Waals surface area contributed by atoms with Crippen LogP contribution in [0, 0.1) is 11.7 Å². The lowest BCUT2D eigenvalue weighted by molar-refractivity contribution is -0.138. The van der Waals surface area contributed by atoms with Crippen molar-refractivity contribution in [2.75, 3.05) is 12.4 Å². The summed E-state index contributed by atoms with van der Waals surface area (Å²) in [5.41, 5.74) is 0.341. The molecule has 0 aliphatic carbocycles. The Morgan fingerprint density at radius 3 is 2.59 bits per heavy atom. The predicted molar refractivity (Wildman–Crippen MR) is 62.8 cm³/mol. The second-order valence-corrected chi connectivity index (χ2v) is 4.05. The molecule has 1 aromatic carbocycles. The molecule has 4 nitrogen and oxygen atoms in total. The van der Waals surface area contributed by atoms with E-state index in [0.29, 0.717) is 11.4 Å². The van der Waals surface area contributed by atoms with Gasteiger partial charge in [0, 0.05) is 6.07 Å². The zero-order valence-corrected chi connectivity index (χ0v) is 10.0. The Labute approximate surface area is 99.4 Å². The summed E-state index contributed by atoms with van der Waals surface area (Å²) in [6.07, 6.45) is 0. The highest BCUT2D eigenvalue weighted by Crippen LogP contribution is 2.26. The fraction of sp³-hybridized carbons (Fsp3) is 0.417. The highest BCUT2D eigenvalue weighted by Gasteiger charge is 2.22. The van der Waals surface area contributed by atoms with Crippen LogP contribution in [0.3, 0.4) is 0 Å². The molecule has 0 amide bonds. The fourth-order valence-electron chi connectivity index (χ4n) is 1.47. The number of methoxy groups -OCH3 is 1. The first-order valence-corrected chi connectivity index (χ1v) is 5.28. The molecule has 0 spiro atoms. The zero-order chi connectivity index (χ0) is 13.0. The second kappa shape index (κ2) is 5.52. The number of carboxylic acids is 1. The van der Waals surface area contributed by atoms with Crippen molar-refractivity contribution in [2.24, 2.45) is 5.92 Å². The number of hydrogen-bond acceptors (Lipinski definition) is 3. The molecule has 0 saturated carbocycles. The Bertz CT molecular complexity index is 407. The largest absolute Gasteiger partial charge is 0.495 e. The van der Waals surface area contributed by atoms with E-state index in [1.165, 1.54) is 25.3 Å². The minimum absolute atomic E-state index is 0.125. The average molecular weight is 241 g/mol. The molecule has 17 heavy (non-hydrogen) atoms. The molecule has 1 aromatic rings. The zero-order valence-electron chi connectivity index (χ0n) is 10.0. The summed E-state index contributed by atoms with van der Waals surface area (Å²) in [5, 5.41) is 11.8. The maximum Gasteiger partial charge on any atom is 0.326 e. The SMILES string of the molecule is COc1ccc(F)cc1NC(C(=O)O)C(C)C. The molecule has 0 saturated heterocycles. The van der Waals surface area contributed by atoms with E-state index in [2.05, 4.69) is 5.32 Å². The molecule has 0 heterocycles. The van der Waals surface area contributed by atoms with E-state index in [4.69, 9.17) is 9.84 Å². The van der Waals surface area contributed by atoms with Gasteiger partial charge in [0.15, 0.2) is 0 Å². The third-order valence-corrected chi connectivity index (χ3v) is 2.41. The van der Waals surface area contributed by atoms with E-state index in [1.54, 1.807) is 13.8 Å². The molecule has 0 aromatic heterocycles. The number of hydrogen-bond donors (Lipinski definition) is 2. The fourth-order valence-corrected chi connectivity index (χ4v) is 1.47. The van der Waals surface area contributed by atoms with Crippen LogP contribution in [-0.4, -0.2) is 24.2 Å². The molecular weight excluding hydrogens is 225 g/mol. The molecular formula is C12H16FNO3. The lowest BCUT2D eigenvalue weighted by Crippen LogP contribution is -2.34. The summed E-state index contributed by atoms with van der Waals surface area (Å²) in [7, 11) is 1.45. The first-order valence-electron chi connectivity index (χ1n) is 5.28. The van der Waals surface area contributed by atoms with Gasteiger partial charge in [-0.05, 0) is 18.1 Å². The van der Waals surface area contributed by atoms with Crippen molar-refractivity contribution in [2.45, 2.75) is 19.9 Å². The van der Waals surface area contributed by atoms with E-state index < -0.39 is 17.8 Å². The van der Waals surface area contributed by atoms with Gasteiger partial charge in [0.05, 0.1) is 12.8 Å². The summed E-state index contributed by atoms with van der Waals surface area (Å²) >= 11 is 0. The highest BCUT2D eigenvalue weighted by atomic mass is 19.1. The first kappa shape index (κ1) is 13.3. The van der Waals surface area contributed by atoms with Crippen LogP contribution in [0.2, 0.25) is 0 Å². The molecule has 2 N–H and O–H groups in total. The number of carboxylic acid groups (broad SMARTS) is 1. The number of halogens is 1. The summed E-state index contributed by atoms with van der Waals surface area (Å²) < 4.78 is 18.1. The Morgan fingerprint density at radius 2 is 2.12 bits per heavy atom. The summed E-state index contributed by atoms with van der Waals surface area (Å²) in [4.78, 5) is 11.0. The van der Waals surface area contributed by atoms with Crippen LogP contribution in [0.5, 0.6) is 5.75 Å². The van der Waals surface area contributed by atoms with Gasteiger partial charge in [-0.2, -0.15) is 0 Å². The standard InChI is InChI=1S/C12H16FNO3/c1-7(2)11(12(15)16)14-9-6-8(13)4-5-10(9)17-3/h4-7,11,14H,1-3H3,(H,15,16). The Kier molecular flexibility index (Phi) is 4.31. The Morgan fingerprint density at radius 1 is 1.47 bits per heavy atom. The molecule has 5 heteroatoms. The van der Waals surface area contributed by atoms with Crippen LogP contribution < -0.4 is 10.1 Å². The van der Waals surface area contributed by atoms with Crippen molar-refractivity contribution in [3.05, 3.63) is 24.0 Å². The van der Waals surface area contributed by atoms with Gasteiger partial charge in [-0.1, -0.05) is 13.8 Å². The minimum Gasteiger partial charge on any atom is -0.495 e. The van der Waals surface area contributed by atoms with Crippen molar-refractivity contribution >= 4 is 11.7 Å². The molecule has 0 bridgehead atoms. The van der Waals surface area contributed by atoms with Gasteiger partial charge in [0.1, 0.15) is 17.6 Å². The number of benzene rings is 1. The van der Waals surface area contributed by atoms with E-state index in [-0.39, 0.29) is 5.92 Å². The molecule has 0 radical (unpaired) electrons. The van der Waals surface area contributed by atoms with Gasteiger partial charge in [0.25, 0.3) is 0 Å². The van der Waals surface area contributed by atoms with Crippen molar-refractivity contribution in [3.63, 3.8) is 0 Å². The van der Waals surface area contributed by atoms with Crippen LogP contribution in [0.25, 0.3) is 0 Å². The quantitative estimate of drug-likeness (QED) is 0.830. The Balaban J connectivity index is 2.99. The third kappa shape index (κ3) is 3.34. The molecule has 1 atom stereocenters. The maximum atomic E-state index is 13.1. The predicted octanol–water partition coefficient (Wildman–Crippen LogP) is 2.36. The van der Waals surface area contributed by atoms with Gasteiger partial charge < -0.3 is 15.2 Å². The lowest BCUT2D eigenvalue weighted by atomic mass is 10.0. The van der Waals surface area contributed by atoms with E-state index >= 15 is 0 Å². The van der Waals surface area contributed by atoms with Gasteiger partial charge in [0.2, 0.25) is 0 Å². The van der Waals surface area contributed by atoms with E-state index in [0.717, 1.165) is 0 Å². The smallest absolute Gasteiger partial charge is 0.326 e. The van der Waals surface area contributed by atoms with Crippen LogP contribution >= 0.6 is 0 Å². The normalized spacial score (nSPS) is 12.3. The van der Waals surface area contributed by atoms with Crippen molar-refractivity contribution in [3.8, 4) is 5.75 Å². The number of aliphatic carboxylic acids is 1. The number of nitrogens with one attached hydrogen (secondary N) is 1. The Hall–Kier alpha value is -1.78. The molecule has 1 unspecified atom stereocenters. The van der Waals surface area contributed by atoms with Gasteiger partial charge >= 0.3 is 5.97 Å². The van der Waals surface area contributed by atoms with Crippen LogP contribution in [0.15, 0.2) is 18.2 Å². The van der Waals surface area contributed by atoms with E-state index in [1.807, 2.05) is 0 Å². The van der Waals surface area contributed by atoms with Crippen molar-refractivity contribution < 1.29 is 19.0 Å².